The van der Waals surface area contributed by atoms with Crippen LogP contribution in [0.4, 0.5) is 17.1 Å². The first-order valence-electron chi connectivity index (χ1n) is 10.7. The summed E-state index contributed by atoms with van der Waals surface area (Å²) >= 11 is 0. The number of nitrogens with zero attached hydrogens (tertiary/aromatic N) is 2. The zero-order valence-electron chi connectivity index (χ0n) is 18.4. The lowest BCUT2D eigenvalue weighted by molar-refractivity contribution is -0.116. The second-order valence-electron chi connectivity index (χ2n) is 7.75. The number of sulfonamides is 1. The highest BCUT2D eigenvalue weighted by atomic mass is 32.2. The summed E-state index contributed by atoms with van der Waals surface area (Å²) < 4.78 is 31.5. The van der Waals surface area contributed by atoms with Crippen LogP contribution in [0.15, 0.2) is 48.5 Å². The van der Waals surface area contributed by atoms with Gasteiger partial charge in [-0.3, -0.25) is 9.10 Å². The standard InChI is InChI=1S/C23H31N3O4S/c1-4-30-22-14-12-21(13-15-22)26(31(3,28)29)18(2)23(27)24-19-8-10-20(11-9-19)25-16-6-5-7-17-25/h8-15,18H,4-7,16-17H2,1-3H3,(H,24,27)/t18-/m1/s1. The van der Waals surface area contributed by atoms with Crippen molar-refractivity contribution in [3.8, 4) is 5.75 Å². The van der Waals surface area contributed by atoms with Gasteiger partial charge in [0.15, 0.2) is 0 Å². The summed E-state index contributed by atoms with van der Waals surface area (Å²) in [5.41, 5.74) is 2.18. The third-order valence-electron chi connectivity index (χ3n) is 5.35. The van der Waals surface area contributed by atoms with E-state index in [1.807, 2.05) is 31.2 Å². The average molecular weight is 446 g/mol. The summed E-state index contributed by atoms with van der Waals surface area (Å²) in [6, 6.07) is 13.5. The maximum Gasteiger partial charge on any atom is 0.247 e. The Balaban J connectivity index is 1.72. The third kappa shape index (κ3) is 5.91. The lowest BCUT2D eigenvalue weighted by Gasteiger charge is -2.29. The minimum Gasteiger partial charge on any atom is -0.494 e. The van der Waals surface area contributed by atoms with Crippen molar-refractivity contribution in [3.05, 3.63) is 48.5 Å². The van der Waals surface area contributed by atoms with E-state index in [1.54, 1.807) is 31.2 Å². The van der Waals surface area contributed by atoms with Crippen molar-refractivity contribution >= 4 is 33.0 Å². The molecule has 31 heavy (non-hydrogen) atoms. The molecule has 8 heteroatoms. The van der Waals surface area contributed by atoms with Crippen LogP contribution in [0.1, 0.15) is 33.1 Å². The largest absolute Gasteiger partial charge is 0.494 e. The van der Waals surface area contributed by atoms with Gasteiger partial charge in [0.2, 0.25) is 15.9 Å². The SMILES string of the molecule is CCOc1ccc(N([C@H](C)C(=O)Nc2ccc(N3CCCCC3)cc2)S(C)(=O)=O)cc1. The summed E-state index contributed by atoms with van der Waals surface area (Å²) in [4.78, 5) is 15.2. The summed E-state index contributed by atoms with van der Waals surface area (Å²) in [5.74, 6) is 0.246. The molecule has 2 aromatic carbocycles. The lowest BCUT2D eigenvalue weighted by Crippen LogP contribution is -2.45. The van der Waals surface area contributed by atoms with Crippen molar-refractivity contribution in [2.75, 3.05) is 40.5 Å². The van der Waals surface area contributed by atoms with E-state index in [0.717, 1.165) is 29.3 Å². The fourth-order valence-electron chi connectivity index (χ4n) is 3.82. The topological polar surface area (TPSA) is 79.0 Å². The van der Waals surface area contributed by atoms with Gasteiger partial charge in [-0.1, -0.05) is 0 Å². The van der Waals surface area contributed by atoms with E-state index in [2.05, 4.69) is 10.2 Å². The summed E-state index contributed by atoms with van der Waals surface area (Å²) in [6.07, 6.45) is 4.76. The average Bonchev–Trinajstić information content (AvgIpc) is 2.75. The maximum absolute atomic E-state index is 12.9. The van der Waals surface area contributed by atoms with Crippen molar-refractivity contribution < 1.29 is 17.9 Å². The first-order valence-corrected chi connectivity index (χ1v) is 12.5. The van der Waals surface area contributed by atoms with Crippen LogP contribution in [0.25, 0.3) is 0 Å². The molecule has 1 aliphatic rings. The highest BCUT2D eigenvalue weighted by molar-refractivity contribution is 7.92. The van der Waals surface area contributed by atoms with Gasteiger partial charge in [0.25, 0.3) is 0 Å². The zero-order valence-corrected chi connectivity index (χ0v) is 19.2. The number of rotatable bonds is 8. The minimum atomic E-state index is -3.68. The molecule has 0 radical (unpaired) electrons. The Bertz CT molecular complexity index is 969. The van der Waals surface area contributed by atoms with E-state index in [1.165, 1.54) is 19.3 Å². The Morgan fingerprint density at radius 3 is 2.23 bits per heavy atom. The molecular weight excluding hydrogens is 414 g/mol. The Morgan fingerprint density at radius 1 is 1.06 bits per heavy atom. The van der Waals surface area contributed by atoms with Gasteiger partial charge in [0.1, 0.15) is 11.8 Å². The van der Waals surface area contributed by atoms with Crippen LogP contribution in [-0.4, -0.2) is 46.3 Å². The number of piperidine rings is 1. The van der Waals surface area contributed by atoms with Crippen LogP contribution in [0, 0.1) is 0 Å². The van der Waals surface area contributed by atoms with Crippen LogP contribution in [0.3, 0.4) is 0 Å². The molecule has 0 unspecified atom stereocenters. The molecule has 3 rings (SSSR count). The Kier molecular flexibility index (Phi) is 7.43. The Hall–Kier alpha value is -2.74. The molecule has 2 aromatic rings. The number of amides is 1. The number of benzene rings is 2. The van der Waals surface area contributed by atoms with Crippen molar-refractivity contribution in [2.24, 2.45) is 0 Å². The number of hydrogen-bond donors (Lipinski definition) is 1. The predicted octanol–water partition coefficient (Wildman–Crippen LogP) is 3.87. The number of carbonyl (C=O) groups excluding carboxylic acids is 1. The normalized spacial score (nSPS) is 15.3. The van der Waals surface area contributed by atoms with Gasteiger partial charge < -0.3 is 15.0 Å². The van der Waals surface area contributed by atoms with Gasteiger partial charge in [-0.2, -0.15) is 0 Å². The second-order valence-corrected chi connectivity index (χ2v) is 9.60. The summed E-state index contributed by atoms with van der Waals surface area (Å²) in [7, 11) is -3.68. The fourth-order valence-corrected chi connectivity index (χ4v) is 4.99. The van der Waals surface area contributed by atoms with Gasteiger partial charge in [0, 0.05) is 24.5 Å². The Labute approximate surface area is 185 Å². The molecule has 7 nitrogen and oxygen atoms in total. The molecule has 1 fully saturated rings. The third-order valence-corrected chi connectivity index (χ3v) is 6.59. The van der Waals surface area contributed by atoms with Gasteiger partial charge in [-0.25, -0.2) is 8.42 Å². The lowest BCUT2D eigenvalue weighted by atomic mass is 10.1. The van der Waals surface area contributed by atoms with Gasteiger partial charge >= 0.3 is 0 Å². The molecule has 1 N–H and O–H groups in total. The molecule has 0 saturated carbocycles. The van der Waals surface area contributed by atoms with Crippen LogP contribution >= 0.6 is 0 Å². The van der Waals surface area contributed by atoms with Crippen LogP contribution in [-0.2, 0) is 14.8 Å². The van der Waals surface area contributed by atoms with E-state index in [4.69, 9.17) is 4.74 Å². The summed E-state index contributed by atoms with van der Waals surface area (Å²) in [5, 5.41) is 2.84. The quantitative estimate of drug-likeness (QED) is 0.667. The monoisotopic (exact) mass is 445 g/mol. The second kappa shape index (κ2) is 10.0. The molecule has 1 atom stereocenters. The molecule has 168 valence electrons. The van der Waals surface area contributed by atoms with Crippen molar-refractivity contribution in [2.45, 2.75) is 39.2 Å². The number of ether oxygens (including phenoxy) is 1. The summed E-state index contributed by atoms with van der Waals surface area (Å²) in [6.45, 7) is 6.07. The van der Waals surface area contributed by atoms with Crippen LogP contribution in [0.2, 0.25) is 0 Å². The molecule has 0 aromatic heterocycles. The smallest absolute Gasteiger partial charge is 0.247 e. The molecule has 1 heterocycles. The minimum absolute atomic E-state index is 0.398. The first-order chi connectivity index (χ1) is 14.8. The van der Waals surface area contributed by atoms with Crippen molar-refractivity contribution in [3.63, 3.8) is 0 Å². The van der Waals surface area contributed by atoms with Crippen molar-refractivity contribution in [1.29, 1.82) is 0 Å². The fraction of sp³-hybridized carbons (Fsp3) is 0.435. The molecule has 0 spiro atoms. The number of hydrogen-bond acceptors (Lipinski definition) is 5. The Morgan fingerprint density at radius 2 is 1.68 bits per heavy atom. The zero-order chi connectivity index (χ0) is 22.4. The van der Waals surface area contributed by atoms with Gasteiger partial charge in [-0.05, 0) is 81.6 Å². The first kappa shape index (κ1) is 22.9. The molecule has 1 aliphatic heterocycles. The van der Waals surface area contributed by atoms with Crippen LogP contribution in [0.5, 0.6) is 5.75 Å². The highest BCUT2D eigenvalue weighted by Gasteiger charge is 2.29. The highest BCUT2D eigenvalue weighted by Crippen LogP contribution is 2.25. The van der Waals surface area contributed by atoms with E-state index in [0.29, 0.717) is 23.7 Å². The number of nitrogens with one attached hydrogen (secondary N) is 1. The van der Waals surface area contributed by atoms with Gasteiger partial charge in [0.05, 0.1) is 18.6 Å². The maximum atomic E-state index is 12.9. The van der Waals surface area contributed by atoms with E-state index in [-0.39, 0.29) is 0 Å². The van der Waals surface area contributed by atoms with Gasteiger partial charge in [-0.15, -0.1) is 0 Å². The van der Waals surface area contributed by atoms with Crippen LogP contribution < -0.4 is 19.3 Å². The van der Waals surface area contributed by atoms with Crippen molar-refractivity contribution in [1.82, 2.24) is 0 Å². The molecule has 0 bridgehead atoms. The number of anilines is 3. The molecule has 1 saturated heterocycles. The predicted molar refractivity (Wildman–Crippen MR) is 126 cm³/mol. The number of carbonyl (C=O) groups is 1. The molecular formula is C23H31N3O4S. The molecule has 1 amide bonds. The van der Waals surface area contributed by atoms with E-state index in [9.17, 15) is 13.2 Å². The van der Waals surface area contributed by atoms with E-state index >= 15 is 0 Å². The molecule has 0 aliphatic carbocycles. The van der Waals surface area contributed by atoms with E-state index < -0.39 is 22.0 Å².